The number of nitrogens with zero attached hydrogens (tertiary/aromatic N) is 2. The SMILES string of the molecule is CC1CCN(CCNc2ncc(Br)cc2Cl)CC1. The van der Waals surface area contributed by atoms with E-state index in [1.807, 2.05) is 6.07 Å². The molecule has 18 heavy (non-hydrogen) atoms. The Morgan fingerprint density at radius 1 is 1.50 bits per heavy atom. The summed E-state index contributed by atoms with van der Waals surface area (Å²) in [4.78, 5) is 6.76. The van der Waals surface area contributed by atoms with Gasteiger partial charge in [0.15, 0.2) is 0 Å². The van der Waals surface area contributed by atoms with Crippen molar-refractivity contribution in [3.63, 3.8) is 0 Å². The molecule has 1 aromatic rings. The first-order valence-corrected chi connectivity index (χ1v) is 7.59. The van der Waals surface area contributed by atoms with Crippen LogP contribution in [0.2, 0.25) is 5.02 Å². The van der Waals surface area contributed by atoms with Crippen molar-refractivity contribution in [1.82, 2.24) is 9.88 Å². The van der Waals surface area contributed by atoms with Gasteiger partial charge in [-0.1, -0.05) is 18.5 Å². The van der Waals surface area contributed by atoms with E-state index in [1.165, 1.54) is 25.9 Å². The molecule has 1 saturated heterocycles. The number of hydrogen-bond donors (Lipinski definition) is 1. The van der Waals surface area contributed by atoms with Crippen molar-refractivity contribution < 1.29 is 0 Å². The average molecular weight is 333 g/mol. The van der Waals surface area contributed by atoms with Crippen molar-refractivity contribution in [2.45, 2.75) is 19.8 Å². The third-order valence-corrected chi connectivity index (χ3v) is 4.13. The summed E-state index contributed by atoms with van der Waals surface area (Å²) in [5, 5.41) is 3.96. The largest absolute Gasteiger partial charge is 0.368 e. The van der Waals surface area contributed by atoms with E-state index in [0.29, 0.717) is 5.02 Å². The van der Waals surface area contributed by atoms with Crippen molar-refractivity contribution in [2.24, 2.45) is 5.92 Å². The van der Waals surface area contributed by atoms with Crippen molar-refractivity contribution in [3.05, 3.63) is 21.8 Å². The number of nitrogens with one attached hydrogen (secondary N) is 1. The molecule has 0 radical (unpaired) electrons. The maximum atomic E-state index is 6.10. The van der Waals surface area contributed by atoms with Gasteiger partial charge in [0.05, 0.1) is 5.02 Å². The minimum Gasteiger partial charge on any atom is -0.368 e. The topological polar surface area (TPSA) is 28.2 Å². The second kappa shape index (κ2) is 6.73. The van der Waals surface area contributed by atoms with Crippen molar-refractivity contribution >= 4 is 33.3 Å². The summed E-state index contributed by atoms with van der Waals surface area (Å²) in [5.74, 6) is 1.65. The standard InChI is InChI=1S/C13H19BrClN3/c1-10-2-5-18(6-3-10)7-4-16-13-12(15)8-11(14)9-17-13/h8-10H,2-7H2,1H3,(H,16,17). The summed E-state index contributed by atoms with van der Waals surface area (Å²) < 4.78 is 0.906. The summed E-state index contributed by atoms with van der Waals surface area (Å²) in [6.45, 7) is 6.71. The van der Waals surface area contributed by atoms with Gasteiger partial charge in [0.2, 0.25) is 0 Å². The van der Waals surface area contributed by atoms with E-state index in [4.69, 9.17) is 11.6 Å². The monoisotopic (exact) mass is 331 g/mol. The van der Waals surface area contributed by atoms with Crippen LogP contribution in [0.1, 0.15) is 19.8 Å². The zero-order valence-electron chi connectivity index (χ0n) is 10.6. The fourth-order valence-corrected chi connectivity index (χ4v) is 2.86. The number of halogens is 2. The van der Waals surface area contributed by atoms with Crippen LogP contribution in [0.25, 0.3) is 0 Å². The fourth-order valence-electron chi connectivity index (χ4n) is 2.16. The highest BCUT2D eigenvalue weighted by Gasteiger charge is 2.14. The van der Waals surface area contributed by atoms with Gasteiger partial charge in [0.1, 0.15) is 5.82 Å². The summed E-state index contributed by atoms with van der Waals surface area (Å²) in [6.07, 6.45) is 4.39. The fraction of sp³-hybridized carbons (Fsp3) is 0.615. The minimum atomic E-state index is 0.664. The molecule has 3 nitrogen and oxygen atoms in total. The third-order valence-electron chi connectivity index (χ3n) is 3.40. The molecule has 1 fully saturated rings. The molecule has 0 saturated carbocycles. The van der Waals surface area contributed by atoms with E-state index in [-0.39, 0.29) is 0 Å². The highest BCUT2D eigenvalue weighted by atomic mass is 79.9. The lowest BCUT2D eigenvalue weighted by Gasteiger charge is -2.30. The Morgan fingerprint density at radius 3 is 2.89 bits per heavy atom. The van der Waals surface area contributed by atoms with Crippen LogP contribution in [-0.2, 0) is 0 Å². The van der Waals surface area contributed by atoms with E-state index >= 15 is 0 Å². The molecule has 1 aromatic heterocycles. The van der Waals surface area contributed by atoms with Crippen LogP contribution in [0.5, 0.6) is 0 Å². The van der Waals surface area contributed by atoms with Gasteiger partial charge >= 0.3 is 0 Å². The maximum Gasteiger partial charge on any atom is 0.144 e. The number of aromatic nitrogens is 1. The predicted molar refractivity (Wildman–Crippen MR) is 80.3 cm³/mol. The summed E-state index contributed by atoms with van der Waals surface area (Å²) in [7, 11) is 0. The zero-order valence-corrected chi connectivity index (χ0v) is 13.0. The van der Waals surface area contributed by atoms with Crippen LogP contribution < -0.4 is 5.32 Å². The van der Waals surface area contributed by atoms with Gasteiger partial charge in [-0.3, -0.25) is 0 Å². The molecule has 0 unspecified atom stereocenters. The Balaban J connectivity index is 1.75. The second-order valence-electron chi connectivity index (χ2n) is 4.93. The molecule has 1 N–H and O–H groups in total. The zero-order chi connectivity index (χ0) is 13.0. The van der Waals surface area contributed by atoms with Gasteiger partial charge in [0.25, 0.3) is 0 Å². The van der Waals surface area contributed by atoms with Crippen LogP contribution in [-0.4, -0.2) is 36.1 Å². The van der Waals surface area contributed by atoms with E-state index < -0.39 is 0 Å². The Bertz CT molecular complexity index is 392. The summed E-state index contributed by atoms with van der Waals surface area (Å²) in [5.41, 5.74) is 0. The molecule has 1 aliphatic heterocycles. The van der Waals surface area contributed by atoms with Gasteiger partial charge in [-0.2, -0.15) is 0 Å². The number of hydrogen-bond acceptors (Lipinski definition) is 3. The lowest BCUT2D eigenvalue weighted by molar-refractivity contribution is 0.199. The van der Waals surface area contributed by atoms with Crippen molar-refractivity contribution in [3.8, 4) is 0 Å². The summed E-state index contributed by atoms with van der Waals surface area (Å²) in [6, 6.07) is 1.86. The lowest BCUT2D eigenvalue weighted by atomic mass is 9.99. The van der Waals surface area contributed by atoms with Gasteiger partial charge in [-0.25, -0.2) is 4.98 Å². The maximum absolute atomic E-state index is 6.10. The normalized spacial score (nSPS) is 17.9. The van der Waals surface area contributed by atoms with Gasteiger partial charge < -0.3 is 10.2 Å². The van der Waals surface area contributed by atoms with Gasteiger partial charge in [-0.15, -0.1) is 0 Å². The molecule has 0 aromatic carbocycles. The van der Waals surface area contributed by atoms with E-state index in [0.717, 1.165) is 29.3 Å². The molecular weight excluding hydrogens is 314 g/mol. The Kier molecular flexibility index (Phi) is 5.27. The lowest BCUT2D eigenvalue weighted by Crippen LogP contribution is -2.36. The van der Waals surface area contributed by atoms with Crippen LogP contribution in [0, 0.1) is 5.92 Å². The Morgan fingerprint density at radius 2 is 2.22 bits per heavy atom. The van der Waals surface area contributed by atoms with E-state index in [2.05, 4.69) is 38.1 Å². The molecule has 0 amide bonds. The van der Waals surface area contributed by atoms with Crippen LogP contribution >= 0.6 is 27.5 Å². The van der Waals surface area contributed by atoms with E-state index in [9.17, 15) is 0 Å². The molecule has 2 rings (SSSR count). The highest BCUT2D eigenvalue weighted by molar-refractivity contribution is 9.10. The molecule has 1 aliphatic rings. The Labute approximate surface area is 122 Å². The molecule has 100 valence electrons. The van der Waals surface area contributed by atoms with Crippen LogP contribution in [0.3, 0.4) is 0 Å². The second-order valence-corrected chi connectivity index (χ2v) is 6.26. The number of piperidine rings is 1. The minimum absolute atomic E-state index is 0.664. The molecule has 0 aliphatic carbocycles. The number of likely N-dealkylation sites (tertiary alicyclic amines) is 1. The third kappa shape index (κ3) is 4.11. The summed E-state index contributed by atoms with van der Waals surface area (Å²) >= 11 is 9.45. The Hall–Kier alpha value is -0.320. The van der Waals surface area contributed by atoms with Crippen LogP contribution in [0.4, 0.5) is 5.82 Å². The quantitative estimate of drug-likeness (QED) is 0.912. The molecule has 0 atom stereocenters. The van der Waals surface area contributed by atoms with Crippen molar-refractivity contribution in [1.29, 1.82) is 0 Å². The van der Waals surface area contributed by atoms with Crippen LogP contribution in [0.15, 0.2) is 16.7 Å². The first-order chi connectivity index (χ1) is 8.65. The van der Waals surface area contributed by atoms with Crippen molar-refractivity contribution in [2.75, 3.05) is 31.5 Å². The molecule has 2 heterocycles. The number of pyridine rings is 1. The number of rotatable bonds is 4. The molecular formula is C13H19BrClN3. The molecule has 5 heteroatoms. The predicted octanol–water partition coefficient (Wildman–Crippen LogP) is 3.64. The number of anilines is 1. The van der Waals surface area contributed by atoms with Gasteiger partial charge in [-0.05, 0) is 53.8 Å². The smallest absolute Gasteiger partial charge is 0.144 e. The van der Waals surface area contributed by atoms with Gasteiger partial charge in [0, 0.05) is 23.8 Å². The highest BCUT2D eigenvalue weighted by Crippen LogP contribution is 2.22. The van der Waals surface area contributed by atoms with E-state index in [1.54, 1.807) is 6.20 Å². The average Bonchev–Trinajstić information content (AvgIpc) is 2.34. The first kappa shape index (κ1) is 14.1. The molecule has 0 bridgehead atoms. The molecule has 0 spiro atoms. The first-order valence-electron chi connectivity index (χ1n) is 6.42.